The van der Waals surface area contributed by atoms with Crippen LogP contribution < -0.4 is 5.32 Å². The summed E-state index contributed by atoms with van der Waals surface area (Å²) in [5.74, 6) is 0. The molecule has 0 aliphatic rings. The summed E-state index contributed by atoms with van der Waals surface area (Å²) in [7, 11) is 3.52. The third kappa shape index (κ3) is 7.71. The largest absolute Gasteiger partial charge is 0.383 e. The van der Waals surface area contributed by atoms with Crippen LogP contribution in [0, 0.1) is 0 Å². The molecule has 0 saturated heterocycles. The molecule has 0 spiro atoms. The van der Waals surface area contributed by atoms with E-state index in [0.717, 1.165) is 39.3 Å². The highest BCUT2D eigenvalue weighted by Crippen LogP contribution is 2.02. The molecule has 4 heteroatoms. The number of hydrogen-bond donors (Lipinski definition) is 1. The summed E-state index contributed by atoms with van der Waals surface area (Å²) >= 11 is 0. The first-order valence-corrected chi connectivity index (χ1v) is 6.64. The lowest BCUT2D eigenvalue weighted by Gasteiger charge is -2.31. The number of likely N-dealkylation sites (N-methyl/N-ethyl adjacent to an activating group) is 1. The molecule has 0 aliphatic carbocycles. The number of rotatable bonds is 11. The number of nitrogens with zero attached hydrogens (tertiary/aromatic N) is 1. The second kappa shape index (κ2) is 11.0. The van der Waals surface area contributed by atoms with Crippen LogP contribution in [0.4, 0.5) is 0 Å². The molecule has 0 aromatic rings. The van der Waals surface area contributed by atoms with E-state index in [4.69, 9.17) is 9.47 Å². The SMILES string of the molecule is CCCNC(COC)CN(CC)C(C)COC. The van der Waals surface area contributed by atoms with Gasteiger partial charge in [0.25, 0.3) is 0 Å². The molecule has 2 unspecified atom stereocenters. The Kier molecular flexibility index (Phi) is 10.9. The van der Waals surface area contributed by atoms with Gasteiger partial charge in [-0.15, -0.1) is 0 Å². The Bertz CT molecular complexity index is 167. The fourth-order valence-corrected chi connectivity index (χ4v) is 1.98. The van der Waals surface area contributed by atoms with Crippen LogP contribution in [0.1, 0.15) is 27.2 Å². The van der Waals surface area contributed by atoms with Crippen LogP contribution in [0.3, 0.4) is 0 Å². The minimum absolute atomic E-state index is 0.402. The maximum absolute atomic E-state index is 5.27. The highest BCUT2D eigenvalue weighted by molar-refractivity contribution is 4.75. The number of nitrogens with one attached hydrogen (secondary N) is 1. The van der Waals surface area contributed by atoms with Gasteiger partial charge in [-0.25, -0.2) is 0 Å². The Labute approximate surface area is 107 Å². The lowest BCUT2D eigenvalue weighted by Crippen LogP contribution is -2.48. The molecule has 0 aromatic heterocycles. The van der Waals surface area contributed by atoms with Gasteiger partial charge in [0.15, 0.2) is 0 Å². The first-order valence-electron chi connectivity index (χ1n) is 6.64. The van der Waals surface area contributed by atoms with E-state index in [1.165, 1.54) is 0 Å². The molecule has 1 N–H and O–H groups in total. The molecular weight excluding hydrogens is 216 g/mol. The molecule has 0 rings (SSSR count). The summed E-state index contributed by atoms with van der Waals surface area (Å²) in [6.07, 6.45) is 1.15. The van der Waals surface area contributed by atoms with E-state index in [0.29, 0.717) is 12.1 Å². The zero-order valence-electron chi connectivity index (χ0n) is 12.2. The minimum atomic E-state index is 0.402. The highest BCUT2D eigenvalue weighted by Gasteiger charge is 2.17. The Morgan fingerprint density at radius 1 is 1.12 bits per heavy atom. The second-order valence-corrected chi connectivity index (χ2v) is 4.50. The van der Waals surface area contributed by atoms with E-state index in [-0.39, 0.29) is 0 Å². The monoisotopic (exact) mass is 246 g/mol. The second-order valence-electron chi connectivity index (χ2n) is 4.50. The summed E-state index contributed by atoms with van der Waals surface area (Å²) in [4.78, 5) is 2.43. The van der Waals surface area contributed by atoms with Crippen LogP contribution in [-0.2, 0) is 9.47 Å². The fourth-order valence-electron chi connectivity index (χ4n) is 1.98. The quantitative estimate of drug-likeness (QED) is 0.597. The molecule has 0 aliphatic heterocycles. The van der Waals surface area contributed by atoms with Gasteiger partial charge >= 0.3 is 0 Å². The van der Waals surface area contributed by atoms with Crippen molar-refractivity contribution in [3.63, 3.8) is 0 Å². The Morgan fingerprint density at radius 3 is 2.24 bits per heavy atom. The summed E-state index contributed by atoms with van der Waals surface area (Å²) in [6, 6.07) is 0.854. The van der Waals surface area contributed by atoms with Gasteiger partial charge in [-0.1, -0.05) is 13.8 Å². The van der Waals surface area contributed by atoms with Gasteiger partial charge in [0, 0.05) is 32.8 Å². The standard InChI is InChI=1S/C13H30N2O2/c1-6-8-14-13(11-17-5)9-15(7-2)12(3)10-16-4/h12-14H,6-11H2,1-5H3. The summed E-state index contributed by atoms with van der Waals surface area (Å²) in [5, 5.41) is 3.52. The van der Waals surface area contributed by atoms with Crippen molar-refractivity contribution in [2.24, 2.45) is 0 Å². The zero-order chi connectivity index (χ0) is 13.1. The fraction of sp³-hybridized carbons (Fsp3) is 1.00. The van der Waals surface area contributed by atoms with Crippen LogP contribution >= 0.6 is 0 Å². The average Bonchev–Trinajstić information content (AvgIpc) is 2.32. The highest BCUT2D eigenvalue weighted by atomic mass is 16.5. The van der Waals surface area contributed by atoms with Gasteiger partial charge in [0.1, 0.15) is 0 Å². The van der Waals surface area contributed by atoms with E-state index in [1.54, 1.807) is 14.2 Å². The van der Waals surface area contributed by atoms with Crippen molar-refractivity contribution in [3.8, 4) is 0 Å². The van der Waals surface area contributed by atoms with Gasteiger partial charge in [0.2, 0.25) is 0 Å². The van der Waals surface area contributed by atoms with Crippen LogP contribution in [0.2, 0.25) is 0 Å². The molecule has 4 nitrogen and oxygen atoms in total. The minimum Gasteiger partial charge on any atom is -0.383 e. The molecule has 17 heavy (non-hydrogen) atoms. The van der Waals surface area contributed by atoms with Gasteiger partial charge in [0.05, 0.1) is 13.2 Å². The number of hydrogen-bond acceptors (Lipinski definition) is 4. The number of ether oxygens (including phenoxy) is 2. The van der Waals surface area contributed by atoms with Crippen LogP contribution in [-0.4, -0.2) is 64.1 Å². The Balaban J connectivity index is 4.15. The van der Waals surface area contributed by atoms with Crippen LogP contribution in [0.15, 0.2) is 0 Å². The molecule has 0 radical (unpaired) electrons. The maximum atomic E-state index is 5.27. The molecule has 2 atom stereocenters. The van der Waals surface area contributed by atoms with Crippen molar-refractivity contribution in [3.05, 3.63) is 0 Å². The Hall–Kier alpha value is -0.160. The van der Waals surface area contributed by atoms with Gasteiger partial charge in [-0.05, 0) is 26.4 Å². The van der Waals surface area contributed by atoms with Gasteiger partial charge < -0.3 is 14.8 Å². The molecule has 0 aromatic carbocycles. The molecule has 104 valence electrons. The van der Waals surface area contributed by atoms with E-state index in [1.807, 2.05) is 0 Å². The first kappa shape index (κ1) is 16.8. The molecule has 0 heterocycles. The van der Waals surface area contributed by atoms with E-state index < -0.39 is 0 Å². The molecule has 0 bridgehead atoms. The lowest BCUT2D eigenvalue weighted by atomic mass is 10.2. The Morgan fingerprint density at radius 2 is 1.76 bits per heavy atom. The summed E-state index contributed by atoms with van der Waals surface area (Å²) in [5.41, 5.74) is 0. The van der Waals surface area contributed by atoms with Crippen molar-refractivity contribution in [2.45, 2.75) is 39.3 Å². The zero-order valence-corrected chi connectivity index (χ0v) is 12.2. The average molecular weight is 246 g/mol. The normalized spacial score (nSPS) is 15.2. The van der Waals surface area contributed by atoms with E-state index >= 15 is 0 Å². The third-order valence-electron chi connectivity index (χ3n) is 2.94. The number of methoxy groups -OCH3 is 2. The predicted octanol–water partition coefficient (Wildman–Crippen LogP) is 1.36. The molecule has 0 amide bonds. The summed E-state index contributed by atoms with van der Waals surface area (Å²) < 4.78 is 10.5. The molecule has 0 saturated carbocycles. The van der Waals surface area contributed by atoms with Crippen LogP contribution in [0.25, 0.3) is 0 Å². The van der Waals surface area contributed by atoms with Crippen molar-refractivity contribution < 1.29 is 9.47 Å². The van der Waals surface area contributed by atoms with Crippen molar-refractivity contribution in [1.82, 2.24) is 10.2 Å². The lowest BCUT2D eigenvalue weighted by molar-refractivity contribution is 0.0803. The third-order valence-corrected chi connectivity index (χ3v) is 2.94. The molecule has 0 fully saturated rings. The maximum Gasteiger partial charge on any atom is 0.0628 e. The van der Waals surface area contributed by atoms with E-state index in [2.05, 4.69) is 31.0 Å². The van der Waals surface area contributed by atoms with Crippen molar-refractivity contribution in [1.29, 1.82) is 0 Å². The topological polar surface area (TPSA) is 33.7 Å². The van der Waals surface area contributed by atoms with Crippen molar-refractivity contribution >= 4 is 0 Å². The van der Waals surface area contributed by atoms with Gasteiger partial charge in [-0.2, -0.15) is 0 Å². The first-order chi connectivity index (χ1) is 8.19. The summed E-state index contributed by atoms with van der Waals surface area (Å²) in [6.45, 7) is 11.2. The van der Waals surface area contributed by atoms with Gasteiger partial charge in [-0.3, -0.25) is 4.90 Å². The van der Waals surface area contributed by atoms with E-state index in [9.17, 15) is 0 Å². The van der Waals surface area contributed by atoms with Crippen LogP contribution in [0.5, 0.6) is 0 Å². The smallest absolute Gasteiger partial charge is 0.0628 e. The molecular formula is C13H30N2O2. The predicted molar refractivity (Wildman–Crippen MR) is 72.5 cm³/mol. The van der Waals surface area contributed by atoms with Crippen molar-refractivity contribution in [2.75, 3.05) is 47.1 Å².